The van der Waals surface area contributed by atoms with Gasteiger partial charge in [0.1, 0.15) is 11.0 Å². The third-order valence-corrected chi connectivity index (χ3v) is 4.50. The Labute approximate surface area is 126 Å². The van der Waals surface area contributed by atoms with E-state index in [1.807, 2.05) is 19.2 Å². The molecule has 0 radical (unpaired) electrons. The van der Waals surface area contributed by atoms with Gasteiger partial charge in [0.25, 0.3) is 0 Å². The van der Waals surface area contributed by atoms with Gasteiger partial charge in [0.2, 0.25) is 0 Å². The van der Waals surface area contributed by atoms with Crippen molar-refractivity contribution in [2.45, 2.75) is 17.6 Å². The predicted octanol–water partition coefficient (Wildman–Crippen LogP) is 3.62. The minimum absolute atomic E-state index is 0.462. The van der Waals surface area contributed by atoms with Crippen LogP contribution < -0.4 is 0 Å². The molecule has 0 amide bonds. The summed E-state index contributed by atoms with van der Waals surface area (Å²) in [6.07, 6.45) is 1.69. The Morgan fingerprint density at radius 2 is 2.05 bits per heavy atom. The molecule has 0 aliphatic carbocycles. The molecule has 2 heterocycles. The van der Waals surface area contributed by atoms with E-state index in [0.717, 1.165) is 16.9 Å². The van der Waals surface area contributed by atoms with Crippen molar-refractivity contribution in [2.75, 3.05) is 0 Å². The van der Waals surface area contributed by atoms with E-state index in [1.165, 1.54) is 10.5 Å². The van der Waals surface area contributed by atoms with Crippen LogP contribution in [0.25, 0.3) is 11.0 Å². The molecule has 0 fully saturated rings. The van der Waals surface area contributed by atoms with Crippen molar-refractivity contribution in [1.29, 1.82) is 0 Å². The minimum Gasteiger partial charge on any atom is -0.250 e. The molecular weight excluding hydrogens is 292 g/mol. The maximum atomic E-state index is 6.17. The normalized spacial score (nSPS) is 11.2. The van der Waals surface area contributed by atoms with E-state index in [-0.39, 0.29) is 0 Å². The number of halogens is 1. The number of thioether (sulfide) groups is 1. The molecule has 0 saturated heterocycles. The lowest BCUT2D eigenvalue weighted by Crippen LogP contribution is -1.98. The van der Waals surface area contributed by atoms with Crippen molar-refractivity contribution in [2.24, 2.45) is 7.05 Å². The van der Waals surface area contributed by atoms with Crippen LogP contribution in [0.5, 0.6) is 0 Å². The lowest BCUT2D eigenvalue weighted by atomic mass is 10.2. The fourth-order valence-electron chi connectivity index (χ4n) is 1.96. The van der Waals surface area contributed by atoms with Gasteiger partial charge in [0.05, 0.1) is 17.3 Å². The number of aryl methyl sites for hydroxylation is 2. The molecule has 0 spiro atoms. The van der Waals surface area contributed by atoms with Gasteiger partial charge < -0.3 is 0 Å². The van der Waals surface area contributed by atoms with Gasteiger partial charge in [-0.3, -0.25) is 4.68 Å². The summed E-state index contributed by atoms with van der Waals surface area (Å²) in [5.74, 6) is 1.41. The zero-order valence-electron chi connectivity index (χ0n) is 11.2. The fraction of sp³-hybridized carbons (Fsp3) is 0.214. The SMILES string of the molecule is Cc1ccccc1SCc1nc(Cl)c2cnn(C)c2n1. The van der Waals surface area contributed by atoms with Gasteiger partial charge in [0, 0.05) is 11.9 Å². The molecule has 102 valence electrons. The van der Waals surface area contributed by atoms with Crippen molar-refractivity contribution in [1.82, 2.24) is 19.7 Å². The predicted molar refractivity (Wildman–Crippen MR) is 82.1 cm³/mol. The van der Waals surface area contributed by atoms with Crippen LogP contribution in [0.2, 0.25) is 5.15 Å². The Morgan fingerprint density at radius 3 is 2.85 bits per heavy atom. The van der Waals surface area contributed by atoms with Crippen molar-refractivity contribution in [3.63, 3.8) is 0 Å². The molecule has 4 nitrogen and oxygen atoms in total. The van der Waals surface area contributed by atoms with Crippen molar-refractivity contribution >= 4 is 34.4 Å². The second-order valence-electron chi connectivity index (χ2n) is 4.49. The Kier molecular flexibility index (Phi) is 3.63. The standard InChI is InChI=1S/C14H13ClN4S/c1-9-5-3-4-6-11(9)20-8-12-17-13(15)10-7-16-19(2)14(10)18-12/h3-7H,8H2,1-2H3. The van der Waals surface area contributed by atoms with Crippen LogP contribution in [0.15, 0.2) is 35.4 Å². The Bertz CT molecular complexity index is 769. The van der Waals surface area contributed by atoms with Gasteiger partial charge >= 0.3 is 0 Å². The summed E-state index contributed by atoms with van der Waals surface area (Å²) in [7, 11) is 1.85. The van der Waals surface area contributed by atoms with E-state index >= 15 is 0 Å². The van der Waals surface area contributed by atoms with Crippen LogP contribution in [0.4, 0.5) is 0 Å². The molecule has 0 saturated carbocycles. The second kappa shape index (κ2) is 5.42. The average Bonchev–Trinajstić information content (AvgIpc) is 2.80. The van der Waals surface area contributed by atoms with Gasteiger partial charge in [-0.05, 0) is 18.6 Å². The van der Waals surface area contributed by atoms with E-state index in [9.17, 15) is 0 Å². The number of hydrogen-bond acceptors (Lipinski definition) is 4. The third kappa shape index (κ3) is 2.51. The molecule has 0 bridgehead atoms. The van der Waals surface area contributed by atoms with E-state index in [2.05, 4.69) is 34.1 Å². The van der Waals surface area contributed by atoms with Crippen molar-refractivity contribution in [3.05, 3.63) is 47.0 Å². The molecule has 0 N–H and O–H groups in total. The van der Waals surface area contributed by atoms with Gasteiger partial charge in [-0.1, -0.05) is 29.8 Å². The van der Waals surface area contributed by atoms with Crippen LogP contribution in [-0.4, -0.2) is 19.7 Å². The highest BCUT2D eigenvalue weighted by Gasteiger charge is 2.10. The third-order valence-electron chi connectivity index (χ3n) is 3.04. The van der Waals surface area contributed by atoms with Gasteiger partial charge in [-0.25, -0.2) is 9.97 Å². The first-order valence-corrected chi connectivity index (χ1v) is 7.54. The van der Waals surface area contributed by atoms with Crippen LogP contribution in [-0.2, 0) is 12.8 Å². The molecule has 6 heteroatoms. The average molecular weight is 305 g/mol. The molecule has 0 aliphatic heterocycles. The second-order valence-corrected chi connectivity index (χ2v) is 5.87. The number of benzene rings is 1. The summed E-state index contributed by atoms with van der Waals surface area (Å²) in [6, 6.07) is 8.27. The number of fused-ring (bicyclic) bond motifs is 1. The Hall–Kier alpha value is -1.59. The van der Waals surface area contributed by atoms with Gasteiger partial charge in [0.15, 0.2) is 5.65 Å². The highest BCUT2D eigenvalue weighted by molar-refractivity contribution is 7.98. The number of aromatic nitrogens is 4. The van der Waals surface area contributed by atoms with Gasteiger partial charge in [-0.2, -0.15) is 5.10 Å². The Balaban J connectivity index is 1.88. The fourth-order valence-corrected chi connectivity index (χ4v) is 3.07. The lowest BCUT2D eigenvalue weighted by Gasteiger charge is -2.05. The highest BCUT2D eigenvalue weighted by atomic mass is 35.5. The summed E-state index contributed by atoms with van der Waals surface area (Å²) >= 11 is 7.89. The van der Waals surface area contributed by atoms with Gasteiger partial charge in [-0.15, -0.1) is 11.8 Å². The first-order chi connectivity index (χ1) is 9.65. The number of nitrogens with zero attached hydrogens (tertiary/aromatic N) is 4. The maximum Gasteiger partial charge on any atom is 0.162 e. The van der Waals surface area contributed by atoms with Crippen LogP contribution in [0.3, 0.4) is 0 Å². The molecular formula is C14H13ClN4S. The smallest absolute Gasteiger partial charge is 0.162 e. The molecule has 3 rings (SSSR count). The summed E-state index contributed by atoms with van der Waals surface area (Å²) < 4.78 is 1.71. The molecule has 0 aliphatic rings. The van der Waals surface area contributed by atoms with E-state index in [1.54, 1.807) is 22.6 Å². The summed E-state index contributed by atoms with van der Waals surface area (Å²) in [5, 5.41) is 5.41. The summed E-state index contributed by atoms with van der Waals surface area (Å²) in [5.41, 5.74) is 2.02. The van der Waals surface area contributed by atoms with E-state index in [4.69, 9.17) is 11.6 Å². The molecule has 0 atom stereocenters. The summed E-state index contributed by atoms with van der Waals surface area (Å²) in [6.45, 7) is 2.10. The highest BCUT2D eigenvalue weighted by Crippen LogP contribution is 2.26. The lowest BCUT2D eigenvalue weighted by molar-refractivity contribution is 0.782. The monoisotopic (exact) mass is 304 g/mol. The molecule has 2 aromatic heterocycles. The quantitative estimate of drug-likeness (QED) is 0.547. The first-order valence-electron chi connectivity index (χ1n) is 6.17. The van der Waals surface area contributed by atoms with Crippen molar-refractivity contribution in [3.8, 4) is 0 Å². The largest absolute Gasteiger partial charge is 0.250 e. The number of rotatable bonds is 3. The van der Waals surface area contributed by atoms with Crippen LogP contribution in [0.1, 0.15) is 11.4 Å². The minimum atomic E-state index is 0.462. The first kappa shape index (κ1) is 13.4. The van der Waals surface area contributed by atoms with Crippen LogP contribution in [0, 0.1) is 6.92 Å². The zero-order valence-corrected chi connectivity index (χ0v) is 12.7. The van der Waals surface area contributed by atoms with Crippen molar-refractivity contribution < 1.29 is 0 Å². The molecule has 20 heavy (non-hydrogen) atoms. The molecule has 1 aromatic carbocycles. The Morgan fingerprint density at radius 1 is 1.25 bits per heavy atom. The van der Waals surface area contributed by atoms with E-state index < -0.39 is 0 Å². The topological polar surface area (TPSA) is 43.6 Å². The summed E-state index contributed by atoms with van der Waals surface area (Å²) in [4.78, 5) is 10.1. The number of hydrogen-bond donors (Lipinski definition) is 0. The molecule has 3 aromatic rings. The maximum absolute atomic E-state index is 6.17. The van der Waals surface area contributed by atoms with Crippen LogP contribution >= 0.6 is 23.4 Å². The molecule has 0 unspecified atom stereocenters. The van der Waals surface area contributed by atoms with E-state index in [0.29, 0.717) is 10.9 Å². The zero-order chi connectivity index (χ0) is 14.1.